The summed E-state index contributed by atoms with van der Waals surface area (Å²) < 4.78 is 5.77. The average Bonchev–Trinajstić information content (AvgIpc) is 3.11. The number of carbonyl (C=O) groups excluding carboxylic acids is 1. The summed E-state index contributed by atoms with van der Waals surface area (Å²) in [6, 6.07) is 0.403. The SMILES string of the molecule is O=C(C1CC1)N1CCOC2CCCCC21. The maximum Gasteiger partial charge on any atom is 0.226 e. The fourth-order valence-electron chi connectivity index (χ4n) is 2.93. The van der Waals surface area contributed by atoms with E-state index in [1.807, 2.05) is 0 Å². The Morgan fingerprint density at radius 3 is 2.73 bits per heavy atom. The zero-order valence-corrected chi connectivity index (χ0v) is 9.15. The van der Waals surface area contributed by atoms with E-state index in [2.05, 4.69) is 4.90 Å². The molecule has 0 N–H and O–H groups in total. The van der Waals surface area contributed by atoms with Crippen molar-refractivity contribution in [1.82, 2.24) is 4.90 Å². The summed E-state index contributed by atoms with van der Waals surface area (Å²) in [5.74, 6) is 0.779. The minimum absolute atomic E-state index is 0.343. The molecule has 2 atom stereocenters. The quantitative estimate of drug-likeness (QED) is 0.656. The molecule has 84 valence electrons. The fourth-order valence-corrected chi connectivity index (χ4v) is 2.93. The fraction of sp³-hybridized carbons (Fsp3) is 0.917. The van der Waals surface area contributed by atoms with Gasteiger partial charge >= 0.3 is 0 Å². The van der Waals surface area contributed by atoms with E-state index in [9.17, 15) is 4.79 Å². The van der Waals surface area contributed by atoms with E-state index in [0.29, 0.717) is 24.0 Å². The van der Waals surface area contributed by atoms with Crippen LogP contribution in [0.2, 0.25) is 0 Å². The highest BCUT2D eigenvalue weighted by atomic mass is 16.5. The molecule has 2 unspecified atom stereocenters. The van der Waals surface area contributed by atoms with E-state index >= 15 is 0 Å². The van der Waals surface area contributed by atoms with Gasteiger partial charge < -0.3 is 9.64 Å². The Kier molecular flexibility index (Phi) is 2.43. The van der Waals surface area contributed by atoms with Gasteiger partial charge in [-0.2, -0.15) is 0 Å². The molecule has 2 aliphatic carbocycles. The Hall–Kier alpha value is -0.570. The molecular formula is C12H19NO2. The summed E-state index contributed by atoms with van der Waals surface area (Å²) in [5, 5.41) is 0. The highest BCUT2D eigenvalue weighted by molar-refractivity contribution is 5.81. The van der Waals surface area contributed by atoms with Crippen LogP contribution in [0.4, 0.5) is 0 Å². The molecule has 15 heavy (non-hydrogen) atoms. The number of hydrogen-bond donors (Lipinski definition) is 0. The Morgan fingerprint density at radius 2 is 1.93 bits per heavy atom. The second-order valence-electron chi connectivity index (χ2n) is 5.07. The molecule has 3 fully saturated rings. The first-order valence-electron chi connectivity index (χ1n) is 6.28. The van der Waals surface area contributed by atoms with Crippen molar-refractivity contribution in [3.63, 3.8) is 0 Å². The first-order chi connectivity index (χ1) is 7.36. The number of fused-ring (bicyclic) bond motifs is 1. The summed E-state index contributed by atoms with van der Waals surface area (Å²) in [7, 11) is 0. The van der Waals surface area contributed by atoms with Crippen LogP contribution in [-0.2, 0) is 9.53 Å². The first kappa shape index (κ1) is 9.64. The van der Waals surface area contributed by atoms with E-state index in [-0.39, 0.29) is 0 Å². The van der Waals surface area contributed by atoms with Crippen LogP contribution in [0.15, 0.2) is 0 Å². The number of rotatable bonds is 1. The van der Waals surface area contributed by atoms with Gasteiger partial charge in [-0.3, -0.25) is 4.79 Å². The average molecular weight is 209 g/mol. The van der Waals surface area contributed by atoms with Gasteiger partial charge in [0.25, 0.3) is 0 Å². The molecule has 3 aliphatic rings. The summed E-state index contributed by atoms with van der Waals surface area (Å²) in [4.78, 5) is 14.2. The van der Waals surface area contributed by atoms with E-state index in [1.54, 1.807) is 0 Å². The molecule has 0 aromatic rings. The standard InChI is InChI=1S/C12H19NO2/c14-12(9-5-6-9)13-7-8-15-11-4-2-1-3-10(11)13/h9-11H,1-8H2. The third kappa shape index (κ3) is 1.78. The van der Waals surface area contributed by atoms with Gasteiger partial charge in [-0.15, -0.1) is 0 Å². The predicted octanol–water partition coefficient (Wildman–Crippen LogP) is 1.57. The van der Waals surface area contributed by atoms with Crippen molar-refractivity contribution < 1.29 is 9.53 Å². The van der Waals surface area contributed by atoms with Gasteiger partial charge in [-0.25, -0.2) is 0 Å². The minimum Gasteiger partial charge on any atom is -0.374 e. The van der Waals surface area contributed by atoms with Crippen LogP contribution in [0.25, 0.3) is 0 Å². The van der Waals surface area contributed by atoms with Crippen LogP contribution < -0.4 is 0 Å². The van der Waals surface area contributed by atoms with Crippen molar-refractivity contribution in [3.05, 3.63) is 0 Å². The van der Waals surface area contributed by atoms with Crippen LogP contribution >= 0.6 is 0 Å². The van der Waals surface area contributed by atoms with E-state index in [0.717, 1.165) is 38.8 Å². The van der Waals surface area contributed by atoms with Crippen molar-refractivity contribution in [1.29, 1.82) is 0 Å². The molecule has 1 saturated heterocycles. The van der Waals surface area contributed by atoms with Crippen molar-refractivity contribution in [2.45, 2.75) is 50.7 Å². The third-order valence-corrected chi connectivity index (χ3v) is 3.94. The van der Waals surface area contributed by atoms with Gasteiger partial charge in [0.2, 0.25) is 5.91 Å². The maximum atomic E-state index is 12.1. The number of carbonyl (C=O) groups is 1. The van der Waals surface area contributed by atoms with Crippen LogP contribution in [0.3, 0.4) is 0 Å². The van der Waals surface area contributed by atoms with Crippen LogP contribution in [0, 0.1) is 5.92 Å². The molecule has 1 aliphatic heterocycles. The molecule has 2 saturated carbocycles. The zero-order chi connectivity index (χ0) is 10.3. The molecule has 0 aromatic heterocycles. The lowest BCUT2D eigenvalue weighted by molar-refractivity contribution is -0.150. The monoisotopic (exact) mass is 209 g/mol. The normalized spacial score (nSPS) is 36.1. The van der Waals surface area contributed by atoms with E-state index in [4.69, 9.17) is 4.74 Å². The Bertz CT molecular complexity index is 260. The van der Waals surface area contributed by atoms with Gasteiger partial charge in [0.15, 0.2) is 0 Å². The van der Waals surface area contributed by atoms with Crippen molar-refractivity contribution >= 4 is 5.91 Å². The van der Waals surface area contributed by atoms with E-state index in [1.165, 1.54) is 12.8 Å². The highest BCUT2D eigenvalue weighted by Gasteiger charge is 2.41. The summed E-state index contributed by atoms with van der Waals surface area (Å²) in [6.45, 7) is 1.58. The molecule has 1 amide bonds. The molecule has 0 spiro atoms. The lowest BCUT2D eigenvalue weighted by atomic mass is 9.90. The first-order valence-corrected chi connectivity index (χ1v) is 6.28. The molecule has 0 aromatic carbocycles. The highest BCUT2D eigenvalue weighted by Crippen LogP contribution is 2.35. The Morgan fingerprint density at radius 1 is 1.13 bits per heavy atom. The van der Waals surface area contributed by atoms with Gasteiger partial charge in [-0.05, 0) is 25.7 Å². The van der Waals surface area contributed by atoms with Crippen molar-refractivity contribution in [2.24, 2.45) is 5.92 Å². The van der Waals surface area contributed by atoms with Crippen molar-refractivity contribution in [2.75, 3.05) is 13.2 Å². The molecule has 3 heteroatoms. The Balaban J connectivity index is 1.72. The zero-order valence-electron chi connectivity index (χ0n) is 9.15. The topological polar surface area (TPSA) is 29.5 Å². The number of ether oxygens (including phenoxy) is 1. The van der Waals surface area contributed by atoms with Crippen LogP contribution in [0.5, 0.6) is 0 Å². The van der Waals surface area contributed by atoms with Gasteiger partial charge in [0, 0.05) is 12.5 Å². The molecule has 3 rings (SSSR count). The lowest BCUT2D eigenvalue weighted by Crippen LogP contribution is -2.55. The maximum absolute atomic E-state index is 12.1. The third-order valence-electron chi connectivity index (χ3n) is 3.94. The second-order valence-corrected chi connectivity index (χ2v) is 5.07. The molecule has 1 heterocycles. The predicted molar refractivity (Wildman–Crippen MR) is 56.4 cm³/mol. The van der Waals surface area contributed by atoms with Gasteiger partial charge in [0.05, 0.1) is 18.8 Å². The van der Waals surface area contributed by atoms with Crippen LogP contribution in [-0.4, -0.2) is 36.1 Å². The van der Waals surface area contributed by atoms with Gasteiger partial charge in [0.1, 0.15) is 0 Å². The largest absolute Gasteiger partial charge is 0.374 e. The summed E-state index contributed by atoms with van der Waals surface area (Å²) in [6.07, 6.45) is 7.42. The molecule has 0 bridgehead atoms. The summed E-state index contributed by atoms with van der Waals surface area (Å²) in [5.41, 5.74) is 0. The number of morpholine rings is 1. The van der Waals surface area contributed by atoms with Gasteiger partial charge in [-0.1, -0.05) is 12.8 Å². The molecule has 0 radical (unpaired) electrons. The van der Waals surface area contributed by atoms with E-state index < -0.39 is 0 Å². The lowest BCUT2D eigenvalue weighted by Gasteiger charge is -2.44. The Labute approximate surface area is 90.8 Å². The summed E-state index contributed by atoms with van der Waals surface area (Å²) >= 11 is 0. The number of amides is 1. The smallest absolute Gasteiger partial charge is 0.226 e. The second kappa shape index (κ2) is 3.78. The number of nitrogens with zero attached hydrogens (tertiary/aromatic N) is 1. The number of hydrogen-bond acceptors (Lipinski definition) is 2. The van der Waals surface area contributed by atoms with Crippen LogP contribution in [0.1, 0.15) is 38.5 Å². The molecular weight excluding hydrogens is 190 g/mol. The van der Waals surface area contributed by atoms with Crippen molar-refractivity contribution in [3.8, 4) is 0 Å². The minimum atomic E-state index is 0.343. The molecule has 3 nitrogen and oxygen atoms in total.